The molecule has 110 valence electrons. The van der Waals surface area contributed by atoms with Gasteiger partial charge in [-0.25, -0.2) is 13.2 Å². The van der Waals surface area contributed by atoms with Gasteiger partial charge in [0.25, 0.3) is 0 Å². The molecule has 21 heavy (non-hydrogen) atoms. The van der Waals surface area contributed by atoms with Crippen LogP contribution in [-0.4, -0.2) is 11.1 Å². The van der Waals surface area contributed by atoms with E-state index in [1.807, 2.05) is 0 Å². The Morgan fingerprint density at radius 3 is 2.38 bits per heavy atom. The van der Waals surface area contributed by atoms with Crippen molar-refractivity contribution >= 4 is 21.9 Å². The molecule has 0 saturated heterocycles. The number of carbonyl (C=O) groups is 1. The van der Waals surface area contributed by atoms with Gasteiger partial charge in [0.05, 0.1) is 10.4 Å². The number of hydrogen-bond donors (Lipinski definition) is 1. The van der Waals surface area contributed by atoms with E-state index in [1.165, 1.54) is 24.3 Å². The van der Waals surface area contributed by atoms with Crippen molar-refractivity contribution in [2.24, 2.45) is 0 Å². The number of rotatable bonds is 4. The van der Waals surface area contributed by atoms with Gasteiger partial charge in [0.1, 0.15) is 17.5 Å². The van der Waals surface area contributed by atoms with E-state index in [4.69, 9.17) is 0 Å². The molecule has 0 bridgehead atoms. The molecule has 0 aliphatic carbocycles. The highest BCUT2D eigenvalue weighted by Gasteiger charge is 2.26. The minimum atomic E-state index is -1.37. The van der Waals surface area contributed by atoms with Crippen LogP contribution >= 0.6 is 15.9 Å². The predicted octanol–water partition coefficient (Wildman–Crippen LogP) is 4.28. The minimum absolute atomic E-state index is 0.0246. The van der Waals surface area contributed by atoms with Crippen LogP contribution in [0.15, 0.2) is 40.9 Å². The highest BCUT2D eigenvalue weighted by atomic mass is 79.9. The highest BCUT2D eigenvalue weighted by molar-refractivity contribution is 9.10. The van der Waals surface area contributed by atoms with E-state index in [-0.39, 0.29) is 15.6 Å². The van der Waals surface area contributed by atoms with Crippen LogP contribution in [0, 0.1) is 17.5 Å². The lowest BCUT2D eigenvalue weighted by atomic mass is 9.91. The maximum atomic E-state index is 13.9. The molecule has 1 unspecified atom stereocenters. The Bertz CT molecular complexity index is 689. The second kappa shape index (κ2) is 6.30. The van der Waals surface area contributed by atoms with Gasteiger partial charge in [-0.2, -0.15) is 0 Å². The molecule has 0 heterocycles. The third-order valence-electron chi connectivity index (χ3n) is 3.13. The smallest absolute Gasteiger partial charge is 0.311 e. The second-order valence-corrected chi connectivity index (χ2v) is 5.29. The first-order chi connectivity index (χ1) is 9.91. The summed E-state index contributed by atoms with van der Waals surface area (Å²) in [5.41, 5.74) is -0.496. The molecular weight excluding hydrogens is 349 g/mol. The zero-order valence-electron chi connectivity index (χ0n) is 10.6. The summed E-state index contributed by atoms with van der Waals surface area (Å²) in [6.45, 7) is 0. The highest BCUT2D eigenvalue weighted by Crippen LogP contribution is 2.29. The molecule has 2 rings (SSSR count). The van der Waals surface area contributed by atoms with Crippen LogP contribution in [0.2, 0.25) is 0 Å². The monoisotopic (exact) mass is 358 g/mol. The predicted molar refractivity (Wildman–Crippen MR) is 74.5 cm³/mol. The van der Waals surface area contributed by atoms with E-state index >= 15 is 0 Å². The van der Waals surface area contributed by atoms with Gasteiger partial charge in [-0.15, -0.1) is 0 Å². The molecule has 0 saturated carbocycles. The van der Waals surface area contributed by atoms with Crippen LogP contribution in [0.25, 0.3) is 0 Å². The van der Waals surface area contributed by atoms with Gasteiger partial charge in [0.15, 0.2) is 0 Å². The van der Waals surface area contributed by atoms with E-state index in [0.717, 1.165) is 12.1 Å². The minimum Gasteiger partial charge on any atom is -0.481 e. The van der Waals surface area contributed by atoms with Gasteiger partial charge in [0, 0.05) is 11.1 Å². The van der Waals surface area contributed by atoms with Crippen LogP contribution in [0.4, 0.5) is 13.2 Å². The number of halogens is 4. The number of aliphatic carboxylic acids is 1. The number of hydrogen-bond acceptors (Lipinski definition) is 1. The summed E-state index contributed by atoms with van der Waals surface area (Å²) >= 11 is 2.91. The molecule has 2 aromatic carbocycles. The Balaban J connectivity index is 2.46. The maximum Gasteiger partial charge on any atom is 0.311 e. The lowest BCUT2D eigenvalue weighted by molar-refractivity contribution is -0.138. The van der Waals surface area contributed by atoms with Crippen molar-refractivity contribution in [3.05, 3.63) is 69.4 Å². The van der Waals surface area contributed by atoms with Crippen molar-refractivity contribution in [2.75, 3.05) is 0 Å². The van der Waals surface area contributed by atoms with Gasteiger partial charge >= 0.3 is 5.97 Å². The zero-order valence-corrected chi connectivity index (χ0v) is 12.2. The van der Waals surface area contributed by atoms with Crippen molar-refractivity contribution in [2.45, 2.75) is 12.3 Å². The second-order valence-electron chi connectivity index (χ2n) is 4.44. The molecule has 0 spiro atoms. The van der Waals surface area contributed by atoms with Crippen molar-refractivity contribution in [1.82, 2.24) is 0 Å². The average Bonchev–Trinajstić information content (AvgIpc) is 2.44. The fraction of sp³-hybridized carbons (Fsp3) is 0.133. The van der Waals surface area contributed by atoms with Crippen LogP contribution in [0.5, 0.6) is 0 Å². The van der Waals surface area contributed by atoms with Crippen LogP contribution in [0.1, 0.15) is 17.0 Å². The Kier molecular flexibility index (Phi) is 4.67. The fourth-order valence-electron chi connectivity index (χ4n) is 2.05. The summed E-state index contributed by atoms with van der Waals surface area (Å²) in [6, 6.07) is 7.51. The standard InChI is InChI=1S/C15H10BrF3O2/c16-11-5-6-13(18)10(14(11)19)7-9(15(20)21)8-3-1-2-4-12(8)17/h1-6,9H,7H2,(H,20,21). The molecule has 0 aromatic heterocycles. The molecule has 0 aliphatic heterocycles. The van der Waals surface area contributed by atoms with Crippen molar-refractivity contribution in [3.8, 4) is 0 Å². The molecule has 1 N–H and O–H groups in total. The average molecular weight is 359 g/mol. The molecule has 2 aromatic rings. The van der Waals surface area contributed by atoms with Crippen molar-refractivity contribution in [3.63, 3.8) is 0 Å². The summed E-state index contributed by atoms with van der Waals surface area (Å²) in [6.07, 6.45) is -0.479. The van der Waals surface area contributed by atoms with E-state index in [2.05, 4.69) is 15.9 Å². The summed E-state index contributed by atoms with van der Waals surface area (Å²) in [5, 5.41) is 9.24. The third kappa shape index (κ3) is 3.26. The summed E-state index contributed by atoms with van der Waals surface area (Å²) < 4.78 is 41.4. The number of carboxylic acid groups (broad SMARTS) is 1. The Morgan fingerprint density at radius 2 is 1.76 bits per heavy atom. The largest absolute Gasteiger partial charge is 0.481 e. The molecule has 0 fully saturated rings. The van der Waals surface area contributed by atoms with E-state index < -0.39 is 35.8 Å². The molecule has 0 amide bonds. The lowest BCUT2D eigenvalue weighted by Gasteiger charge is -2.15. The third-order valence-corrected chi connectivity index (χ3v) is 3.74. The van der Waals surface area contributed by atoms with Crippen LogP contribution in [0.3, 0.4) is 0 Å². The lowest BCUT2D eigenvalue weighted by Crippen LogP contribution is -2.17. The summed E-state index contributed by atoms with van der Waals surface area (Å²) in [5.74, 6) is -5.18. The fourth-order valence-corrected chi connectivity index (χ4v) is 2.42. The van der Waals surface area contributed by atoms with Crippen LogP contribution in [-0.2, 0) is 11.2 Å². The van der Waals surface area contributed by atoms with Crippen LogP contribution < -0.4 is 0 Å². The molecule has 0 aliphatic rings. The first-order valence-corrected chi connectivity index (χ1v) is 6.80. The van der Waals surface area contributed by atoms with E-state index in [0.29, 0.717) is 0 Å². The van der Waals surface area contributed by atoms with Gasteiger partial charge in [0.2, 0.25) is 0 Å². The topological polar surface area (TPSA) is 37.3 Å². The van der Waals surface area contributed by atoms with Gasteiger partial charge < -0.3 is 5.11 Å². The van der Waals surface area contributed by atoms with Crippen molar-refractivity contribution < 1.29 is 23.1 Å². The number of benzene rings is 2. The Hall–Kier alpha value is -1.82. The molecule has 0 radical (unpaired) electrons. The van der Waals surface area contributed by atoms with Crippen molar-refractivity contribution in [1.29, 1.82) is 0 Å². The van der Waals surface area contributed by atoms with Gasteiger partial charge in [-0.05, 0) is 40.5 Å². The first-order valence-electron chi connectivity index (χ1n) is 6.01. The first kappa shape index (κ1) is 15.6. The normalized spacial score (nSPS) is 12.2. The Morgan fingerprint density at radius 1 is 1.10 bits per heavy atom. The van der Waals surface area contributed by atoms with E-state index in [9.17, 15) is 23.1 Å². The van der Waals surface area contributed by atoms with E-state index in [1.54, 1.807) is 0 Å². The van der Waals surface area contributed by atoms with Gasteiger partial charge in [-0.3, -0.25) is 4.79 Å². The zero-order chi connectivity index (χ0) is 15.6. The molecule has 2 nitrogen and oxygen atoms in total. The summed E-state index contributed by atoms with van der Waals surface area (Å²) in [7, 11) is 0. The summed E-state index contributed by atoms with van der Waals surface area (Å²) in [4.78, 5) is 11.3. The maximum absolute atomic E-state index is 13.9. The number of carboxylic acids is 1. The SMILES string of the molecule is O=C(O)C(Cc1c(F)ccc(Br)c1F)c1ccccc1F. The quantitative estimate of drug-likeness (QED) is 0.828. The molecular formula is C15H10BrF3O2. The molecule has 1 atom stereocenters. The molecule has 6 heteroatoms. The Labute approximate surface area is 127 Å². The van der Waals surface area contributed by atoms with Gasteiger partial charge in [-0.1, -0.05) is 18.2 Å².